The van der Waals surface area contributed by atoms with Gasteiger partial charge in [-0.15, -0.1) is 11.3 Å². The zero-order valence-electron chi connectivity index (χ0n) is 8.69. The van der Waals surface area contributed by atoms with Crippen LogP contribution in [0, 0.1) is 0 Å². The van der Waals surface area contributed by atoms with Gasteiger partial charge in [-0.05, 0) is 24.3 Å². The zero-order valence-corrected chi connectivity index (χ0v) is 9.51. The minimum Gasteiger partial charge on any atom is -0.461 e. The third-order valence-electron chi connectivity index (χ3n) is 1.86. The second kappa shape index (κ2) is 6.42. The molecule has 0 aromatic carbocycles. The van der Waals surface area contributed by atoms with Crippen LogP contribution in [0.1, 0.15) is 22.5 Å². The number of thiophene rings is 1. The van der Waals surface area contributed by atoms with Crippen LogP contribution in [0.5, 0.6) is 0 Å². The second-order valence-electron chi connectivity index (χ2n) is 3.04. The Morgan fingerprint density at radius 2 is 2.20 bits per heavy atom. The van der Waals surface area contributed by atoms with Gasteiger partial charge in [0.05, 0.1) is 12.3 Å². The van der Waals surface area contributed by atoms with E-state index in [4.69, 9.17) is 15.2 Å². The molecule has 0 saturated carbocycles. The minimum absolute atomic E-state index is 0.333. The molecular formula is C10H15NO3S. The van der Waals surface area contributed by atoms with Crippen LogP contribution in [0.25, 0.3) is 0 Å². The number of esters is 1. The van der Waals surface area contributed by atoms with Crippen molar-refractivity contribution in [2.75, 3.05) is 26.1 Å². The molecule has 0 aliphatic carbocycles. The molecule has 0 fully saturated rings. The summed E-state index contributed by atoms with van der Waals surface area (Å²) in [6.07, 6.45) is 1.70. The van der Waals surface area contributed by atoms with E-state index in [1.165, 1.54) is 11.3 Å². The summed E-state index contributed by atoms with van der Waals surface area (Å²) in [5.74, 6) is -0.333. The molecule has 0 amide bonds. The summed E-state index contributed by atoms with van der Waals surface area (Å²) < 4.78 is 9.93. The molecule has 1 aromatic rings. The molecule has 0 atom stereocenters. The van der Waals surface area contributed by atoms with Gasteiger partial charge in [-0.2, -0.15) is 0 Å². The molecule has 15 heavy (non-hydrogen) atoms. The molecule has 0 radical (unpaired) electrons. The summed E-state index contributed by atoms with van der Waals surface area (Å²) in [6, 6.07) is 1.70. The molecular weight excluding hydrogens is 214 g/mol. The SMILES string of the molecule is COCCCCOC(=O)c1sccc1N. The number of nitrogen functional groups attached to an aromatic ring is 1. The fraction of sp³-hybridized carbons (Fsp3) is 0.500. The maximum Gasteiger partial charge on any atom is 0.350 e. The first kappa shape index (κ1) is 12.0. The quantitative estimate of drug-likeness (QED) is 0.598. The van der Waals surface area contributed by atoms with E-state index in [9.17, 15) is 4.79 Å². The Bertz CT molecular complexity index is 311. The van der Waals surface area contributed by atoms with Crippen molar-refractivity contribution in [3.63, 3.8) is 0 Å². The Morgan fingerprint density at radius 3 is 2.80 bits per heavy atom. The lowest BCUT2D eigenvalue weighted by molar-refractivity contribution is 0.0496. The average Bonchev–Trinajstić information content (AvgIpc) is 2.64. The number of carbonyl (C=O) groups excluding carboxylic acids is 1. The Labute approximate surface area is 93.0 Å². The van der Waals surface area contributed by atoms with Crippen LogP contribution in [0.2, 0.25) is 0 Å². The largest absolute Gasteiger partial charge is 0.461 e. The van der Waals surface area contributed by atoms with E-state index in [2.05, 4.69) is 0 Å². The van der Waals surface area contributed by atoms with Crippen molar-refractivity contribution in [1.29, 1.82) is 0 Å². The van der Waals surface area contributed by atoms with Crippen LogP contribution in [0.15, 0.2) is 11.4 Å². The number of unbranched alkanes of at least 4 members (excludes halogenated alkanes) is 1. The standard InChI is InChI=1S/C10H15NO3S/c1-13-5-2-3-6-14-10(12)9-8(11)4-7-15-9/h4,7H,2-3,5-6,11H2,1H3. The first-order valence-electron chi connectivity index (χ1n) is 4.74. The number of anilines is 1. The third-order valence-corrected chi connectivity index (χ3v) is 2.77. The maximum atomic E-state index is 11.4. The monoisotopic (exact) mass is 229 g/mol. The highest BCUT2D eigenvalue weighted by Gasteiger charge is 2.11. The molecule has 0 unspecified atom stereocenters. The number of hydrogen-bond acceptors (Lipinski definition) is 5. The summed E-state index contributed by atoms with van der Waals surface area (Å²) in [5, 5.41) is 1.77. The molecule has 1 heterocycles. The van der Waals surface area contributed by atoms with E-state index in [1.807, 2.05) is 0 Å². The molecule has 0 saturated heterocycles. The number of ether oxygens (including phenoxy) is 2. The van der Waals surface area contributed by atoms with Crippen LogP contribution in [-0.4, -0.2) is 26.3 Å². The molecule has 0 aliphatic rings. The molecule has 0 bridgehead atoms. The smallest absolute Gasteiger partial charge is 0.350 e. The van der Waals surface area contributed by atoms with E-state index < -0.39 is 0 Å². The van der Waals surface area contributed by atoms with Gasteiger partial charge in [-0.25, -0.2) is 4.79 Å². The van der Waals surface area contributed by atoms with Crippen LogP contribution in [0.4, 0.5) is 5.69 Å². The number of nitrogens with two attached hydrogens (primary N) is 1. The van der Waals surface area contributed by atoms with Crippen LogP contribution >= 0.6 is 11.3 Å². The van der Waals surface area contributed by atoms with Crippen LogP contribution in [0.3, 0.4) is 0 Å². The normalized spacial score (nSPS) is 10.2. The van der Waals surface area contributed by atoms with E-state index in [-0.39, 0.29) is 5.97 Å². The second-order valence-corrected chi connectivity index (χ2v) is 3.96. The lowest BCUT2D eigenvalue weighted by Gasteiger charge is -2.03. The lowest BCUT2D eigenvalue weighted by Crippen LogP contribution is -2.07. The number of carbonyl (C=O) groups is 1. The van der Waals surface area contributed by atoms with Gasteiger partial charge in [0.15, 0.2) is 0 Å². The van der Waals surface area contributed by atoms with Crippen molar-refractivity contribution >= 4 is 23.0 Å². The Morgan fingerprint density at radius 1 is 1.47 bits per heavy atom. The summed E-state index contributed by atoms with van der Waals surface area (Å²) in [5.41, 5.74) is 6.07. The van der Waals surface area contributed by atoms with Crippen molar-refractivity contribution in [2.45, 2.75) is 12.8 Å². The van der Waals surface area contributed by atoms with Gasteiger partial charge >= 0.3 is 5.97 Å². The average molecular weight is 229 g/mol. The van der Waals surface area contributed by atoms with Gasteiger partial charge in [0, 0.05) is 13.7 Å². The Kier molecular flexibility index (Phi) is 5.14. The van der Waals surface area contributed by atoms with Crippen molar-refractivity contribution in [2.24, 2.45) is 0 Å². The molecule has 1 aromatic heterocycles. The fourth-order valence-corrected chi connectivity index (χ4v) is 1.77. The van der Waals surface area contributed by atoms with Gasteiger partial charge in [-0.1, -0.05) is 0 Å². The van der Waals surface area contributed by atoms with Crippen LogP contribution in [-0.2, 0) is 9.47 Å². The topological polar surface area (TPSA) is 61.5 Å². The van der Waals surface area contributed by atoms with Gasteiger partial charge in [0.25, 0.3) is 0 Å². The summed E-state index contributed by atoms with van der Waals surface area (Å²) in [6.45, 7) is 1.11. The first-order chi connectivity index (χ1) is 7.25. The van der Waals surface area contributed by atoms with Crippen molar-refractivity contribution in [3.05, 3.63) is 16.3 Å². The van der Waals surface area contributed by atoms with Gasteiger partial charge in [-0.3, -0.25) is 0 Å². The van der Waals surface area contributed by atoms with Gasteiger partial charge in [0.1, 0.15) is 4.88 Å². The van der Waals surface area contributed by atoms with E-state index >= 15 is 0 Å². The van der Waals surface area contributed by atoms with Gasteiger partial charge in [0.2, 0.25) is 0 Å². The van der Waals surface area contributed by atoms with Crippen molar-refractivity contribution in [1.82, 2.24) is 0 Å². The van der Waals surface area contributed by atoms with Gasteiger partial charge < -0.3 is 15.2 Å². The summed E-state index contributed by atoms with van der Waals surface area (Å²) >= 11 is 1.30. The predicted octanol–water partition coefficient (Wildman–Crippen LogP) is 1.91. The van der Waals surface area contributed by atoms with E-state index in [1.54, 1.807) is 18.6 Å². The molecule has 0 aliphatic heterocycles. The van der Waals surface area contributed by atoms with Crippen molar-refractivity contribution in [3.8, 4) is 0 Å². The highest BCUT2D eigenvalue weighted by Crippen LogP contribution is 2.19. The van der Waals surface area contributed by atoms with Crippen molar-refractivity contribution < 1.29 is 14.3 Å². The minimum atomic E-state index is -0.333. The summed E-state index contributed by atoms with van der Waals surface area (Å²) in [4.78, 5) is 11.9. The number of hydrogen-bond donors (Lipinski definition) is 1. The molecule has 1 rings (SSSR count). The Balaban J connectivity index is 2.22. The molecule has 0 spiro atoms. The molecule has 4 nitrogen and oxygen atoms in total. The number of rotatable bonds is 6. The zero-order chi connectivity index (χ0) is 11.1. The fourth-order valence-electron chi connectivity index (χ4n) is 1.06. The highest BCUT2D eigenvalue weighted by molar-refractivity contribution is 7.12. The highest BCUT2D eigenvalue weighted by atomic mass is 32.1. The predicted molar refractivity (Wildman–Crippen MR) is 60.1 cm³/mol. The molecule has 84 valence electrons. The number of methoxy groups -OCH3 is 1. The maximum absolute atomic E-state index is 11.4. The van der Waals surface area contributed by atoms with Crippen LogP contribution < -0.4 is 5.73 Å². The summed E-state index contributed by atoms with van der Waals surface area (Å²) in [7, 11) is 1.65. The first-order valence-corrected chi connectivity index (χ1v) is 5.62. The van der Waals surface area contributed by atoms with E-state index in [0.717, 1.165) is 12.8 Å². The van der Waals surface area contributed by atoms with E-state index in [0.29, 0.717) is 23.8 Å². The Hall–Kier alpha value is -1.07. The third kappa shape index (κ3) is 3.89. The lowest BCUT2D eigenvalue weighted by atomic mass is 10.3. The molecule has 2 N–H and O–H groups in total. The molecule has 5 heteroatoms.